The largest absolute Gasteiger partial charge is 0.462 e. The SMILES string of the molecule is CC(=O)C[C@@H](C)OC(=O)C[C@@H](C)OC(=O)C[C@@H](C)O. The number of aliphatic hydroxyl groups is 1. The zero-order valence-electron chi connectivity index (χ0n) is 11.8. The molecule has 110 valence electrons. The molecule has 3 atom stereocenters. The highest BCUT2D eigenvalue weighted by molar-refractivity contribution is 5.77. The Labute approximate surface area is 113 Å². The number of carbonyl (C=O) groups excluding carboxylic acids is 3. The third-order valence-corrected chi connectivity index (χ3v) is 2.16. The molecule has 0 aromatic rings. The fourth-order valence-electron chi connectivity index (χ4n) is 1.51. The smallest absolute Gasteiger partial charge is 0.309 e. The Morgan fingerprint density at radius 3 is 1.74 bits per heavy atom. The number of hydrogen-bond acceptors (Lipinski definition) is 6. The number of hydrogen-bond donors (Lipinski definition) is 1. The topological polar surface area (TPSA) is 89.9 Å². The van der Waals surface area contributed by atoms with Crippen LogP contribution in [-0.4, -0.2) is 41.1 Å². The summed E-state index contributed by atoms with van der Waals surface area (Å²) < 4.78 is 9.92. The fourth-order valence-corrected chi connectivity index (χ4v) is 1.51. The normalized spacial score (nSPS) is 15.2. The molecule has 6 nitrogen and oxygen atoms in total. The predicted octanol–water partition coefficient (Wildman–Crippen LogP) is 0.990. The summed E-state index contributed by atoms with van der Waals surface area (Å²) in [5.41, 5.74) is 0. The van der Waals surface area contributed by atoms with Crippen molar-refractivity contribution in [3.05, 3.63) is 0 Å². The van der Waals surface area contributed by atoms with Crippen molar-refractivity contribution in [3.63, 3.8) is 0 Å². The lowest BCUT2D eigenvalue weighted by Gasteiger charge is -2.15. The van der Waals surface area contributed by atoms with E-state index in [4.69, 9.17) is 14.6 Å². The highest BCUT2D eigenvalue weighted by atomic mass is 16.6. The zero-order chi connectivity index (χ0) is 15.0. The molecule has 0 saturated heterocycles. The highest BCUT2D eigenvalue weighted by Gasteiger charge is 2.18. The molecule has 0 radical (unpaired) electrons. The molecular formula is C13H22O6. The summed E-state index contributed by atoms with van der Waals surface area (Å²) in [5.74, 6) is -1.14. The summed E-state index contributed by atoms with van der Waals surface area (Å²) >= 11 is 0. The Balaban J connectivity index is 3.98. The first-order valence-electron chi connectivity index (χ1n) is 6.27. The van der Waals surface area contributed by atoms with Gasteiger partial charge in [0.15, 0.2) is 0 Å². The average molecular weight is 274 g/mol. The van der Waals surface area contributed by atoms with Crippen molar-refractivity contribution in [1.29, 1.82) is 0 Å². The van der Waals surface area contributed by atoms with Crippen LogP contribution in [0.2, 0.25) is 0 Å². The monoisotopic (exact) mass is 274 g/mol. The summed E-state index contributed by atoms with van der Waals surface area (Å²) in [5, 5.41) is 9.00. The average Bonchev–Trinajstić information content (AvgIpc) is 2.12. The van der Waals surface area contributed by atoms with Gasteiger partial charge in [0.05, 0.1) is 18.9 Å². The summed E-state index contributed by atoms with van der Waals surface area (Å²) in [6.07, 6.45) is -1.90. The maximum absolute atomic E-state index is 11.5. The van der Waals surface area contributed by atoms with Crippen LogP contribution in [0.3, 0.4) is 0 Å². The molecule has 0 amide bonds. The molecule has 0 heterocycles. The number of esters is 2. The first-order valence-corrected chi connectivity index (χ1v) is 6.27. The molecule has 0 rings (SSSR count). The van der Waals surface area contributed by atoms with E-state index in [0.29, 0.717) is 0 Å². The molecule has 0 aliphatic carbocycles. The molecule has 6 heteroatoms. The van der Waals surface area contributed by atoms with E-state index >= 15 is 0 Å². The van der Waals surface area contributed by atoms with Crippen molar-refractivity contribution in [2.75, 3.05) is 0 Å². The molecule has 1 N–H and O–H groups in total. The summed E-state index contributed by atoms with van der Waals surface area (Å²) in [6.45, 7) is 6.09. The molecule has 0 aromatic heterocycles. The molecule has 0 unspecified atom stereocenters. The lowest BCUT2D eigenvalue weighted by atomic mass is 10.2. The Bertz CT molecular complexity index is 323. The van der Waals surface area contributed by atoms with Gasteiger partial charge in [-0.25, -0.2) is 0 Å². The second-order valence-corrected chi connectivity index (χ2v) is 4.76. The number of rotatable bonds is 8. The second-order valence-electron chi connectivity index (χ2n) is 4.76. The van der Waals surface area contributed by atoms with Crippen molar-refractivity contribution >= 4 is 17.7 Å². The Morgan fingerprint density at radius 2 is 1.32 bits per heavy atom. The maximum atomic E-state index is 11.5. The molecule has 19 heavy (non-hydrogen) atoms. The van der Waals surface area contributed by atoms with E-state index in [0.717, 1.165) is 0 Å². The van der Waals surface area contributed by atoms with Crippen LogP contribution in [0.5, 0.6) is 0 Å². The van der Waals surface area contributed by atoms with E-state index in [9.17, 15) is 14.4 Å². The molecule has 0 bridgehead atoms. The van der Waals surface area contributed by atoms with Gasteiger partial charge in [0.2, 0.25) is 0 Å². The minimum Gasteiger partial charge on any atom is -0.462 e. The Morgan fingerprint density at radius 1 is 0.895 bits per heavy atom. The van der Waals surface area contributed by atoms with E-state index in [-0.39, 0.29) is 25.0 Å². The van der Waals surface area contributed by atoms with Gasteiger partial charge in [-0.1, -0.05) is 0 Å². The fraction of sp³-hybridized carbons (Fsp3) is 0.769. The van der Waals surface area contributed by atoms with Gasteiger partial charge in [0, 0.05) is 6.42 Å². The zero-order valence-corrected chi connectivity index (χ0v) is 11.8. The molecule has 0 fully saturated rings. The van der Waals surface area contributed by atoms with Crippen LogP contribution in [0.4, 0.5) is 0 Å². The van der Waals surface area contributed by atoms with Crippen LogP contribution in [0.15, 0.2) is 0 Å². The first kappa shape index (κ1) is 17.6. The maximum Gasteiger partial charge on any atom is 0.309 e. The van der Waals surface area contributed by atoms with Crippen LogP contribution in [0, 0.1) is 0 Å². The van der Waals surface area contributed by atoms with E-state index in [2.05, 4.69) is 0 Å². The number of Topliss-reactive ketones (excluding diaryl/α,β-unsaturated/α-hetero) is 1. The molecular weight excluding hydrogens is 252 g/mol. The van der Waals surface area contributed by atoms with Crippen LogP contribution >= 0.6 is 0 Å². The van der Waals surface area contributed by atoms with Crippen LogP contribution in [0.25, 0.3) is 0 Å². The quantitative estimate of drug-likeness (QED) is 0.664. The van der Waals surface area contributed by atoms with E-state index in [1.807, 2.05) is 0 Å². The van der Waals surface area contributed by atoms with Gasteiger partial charge in [-0.2, -0.15) is 0 Å². The summed E-state index contributed by atoms with van der Waals surface area (Å²) in [6, 6.07) is 0. The van der Waals surface area contributed by atoms with Gasteiger partial charge < -0.3 is 14.6 Å². The number of aliphatic hydroxyl groups excluding tert-OH is 1. The van der Waals surface area contributed by atoms with Gasteiger partial charge in [0.25, 0.3) is 0 Å². The second kappa shape index (κ2) is 8.63. The summed E-state index contributed by atoms with van der Waals surface area (Å²) in [4.78, 5) is 33.5. The predicted molar refractivity (Wildman–Crippen MR) is 67.3 cm³/mol. The molecule has 0 saturated carbocycles. The molecule has 0 spiro atoms. The van der Waals surface area contributed by atoms with E-state index in [1.54, 1.807) is 13.8 Å². The van der Waals surface area contributed by atoms with Gasteiger partial charge in [-0.15, -0.1) is 0 Å². The van der Waals surface area contributed by atoms with E-state index < -0.39 is 30.3 Å². The van der Waals surface area contributed by atoms with Crippen molar-refractivity contribution in [2.24, 2.45) is 0 Å². The third kappa shape index (κ3) is 10.2. The Hall–Kier alpha value is -1.43. The number of carbonyl (C=O) groups is 3. The van der Waals surface area contributed by atoms with Crippen molar-refractivity contribution < 1.29 is 29.0 Å². The molecule has 0 aliphatic heterocycles. The summed E-state index contributed by atoms with van der Waals surface area (Å²) in [7, 11) is 0. The lowest BCUT2D eigenvalue weighted by molar-refractivity contribution is -0.157. The minimum atomic E-state index is -0.776. The minimum absolute atomic E-state index is 0.0586. The standard InChI is InChI=1S/C13H22O6/c1-8(14)5-10(3)18-13(17)7-11(4)19-12(16)6-9(2)15/h9-11,15H,5-7H2,1-4H3/t9-,10-,11-/m1/s1. The van der Waals surface area contributed by atoms with Gasteiger partial charge in [-0.05, 0) is 27.7 Å². The van der Waals surface area contributed by atoms with Crippen molar-refractivity contribution in [3.8, 4) is 0 Å². The van der Waals surface area contributed by atoms with Crippen molar-refractivity contribution in [1.82, 2.24) is 0 Å². The molecule has 0 aromatic carbocycles. The first-order chi connectivity index (χ1) is 8.70. The lowest BCUT2D eigenvalue weighted by Crippen LogP contribution is -2.24. The van der Waals surface area contributed by atoms with Crippen LogP contribution in [0.1, 0.15) is 47.0 Å². The van der Waals surface area contributed by atoms with Gasteiger partial charge >= 0.3 is 11.9 Å². The number of ether oxygens (including phenoxy) is 2. The molecule has 0 aliphatic rings. The highest BCUT2D eigenvalue weighted by Crippen LogP contribution is 2.06. The van der Waals surface area contributed by atoms with Crippen molar-refractivity contribution in [2.45, 2.75) is 65.3 Å². The Kier molecular flexibility index (Phi) is 7.98. The van der Waals surface area contributed by atoms with Gasteiger partial charge in [-0.3, -0.25) is 14.4 Å². The van der Waals surface area contributed by atoms with Crippen LogP contribution in [-0.2, 0) is 23.9 Å². The van der Waals surface area contributed by atoms with Gasteiger partial charge in [0.1, 0.15) is 18.0 Å². The number of ketones is 1. The third-order valence-electron chi connectivity index (χ3n) is 2.16. The van der Waals surface area contributed by atoms with E-state index in [1.165, 1.54) is 13.8 Å². The van der Waals surface area contributed by atoms with Crippen LogP contribution < -0.4 is 0 Å².